The zero-order valence-electron chi connectivity index (χ0n) is 23.2. The Morgan fingerprint density at radius 1 is 0.372 bits per heavy atom. The summed E-state index contributed by atoms with van der Waals surface area (Å²) in [6.45, 7) is 0. The molecule has 10 aromatic rings. The van der Waals surface area contributed by atoms with Gasteiger partial charge in [-0.1, -0.05) is 103 Å². The van der Waals surface area contributed by atoms with Crippen molar-refractivity contribution in [3.8, 4) is 11.4 Å². The summed E-state index contributed by atoms with van der Waals surface area (Å²) in [6.07, 6.45) is 0. The van der Waals surface area contributed by atoms with Gasteiger partial charge in [0.05, 0.1) is 27.8 Å². The normalized spacial score (nSPS) is 12.2. The van der Waals surface area contributed by atoms with Gasteiger partial charge in [-0.2, -0.15) is 0 Å². The highest BCUT2D eigenvalue weighted by Gasteiger charge is 2.23. The maximum atomic E-state index is 2.54. The fourth-order valence-electron chi connectivity index (χ4n) is 7.35. The highest BCUT2D eigenvalue weighted by atomic mass is 32.1. The van der Waals surface area contributed by atoms with Gasteiger partial charge >= 0.3 is 0 Å². The molecule has 0 atom stereocenters. The van der Waals surface area contributed by atoms with E-state index in [0.29, 0.717) is 0 Å². The highest BCUT2D eigenvalue weighted by Crippen LogP contribution is 2.45. The van der Waals surface area contributed by atoms with Gasteiger partial charge < -0.3 is 9.13 Å². The van der Waals surface area contributed by atoms with Crippen molar-refractivity contribution in [2.24, 2.45) is 0 Å². The molecule has 0 saturated carbocycles. The molecule has 0 unspecified atom stereocenters. The summed E-state index contributed by atoms with van der Waals surface area (Å²) >= 11 is 1.88. The first kappa shape index (κ1) is 23.2. The SMILES string of the molecule is c1ccc(-n2c3ccc4c5ccccc5n(-c5cccc6sc7ccccc7c56)c4c3c3ccc4ccccc4c32)cc1. The standard InChI is InChI=1S/C40H24N2S/c1-2-12-26(13-3-1)41-34-24-23-29-28-15-6-8-17-32(28)42(33-18-10-20-36-37(33)30-16-7-9-19-35(30)43-36)40(29)38(34)31-22-21-25-11-4-5-14-27(25)39(31)41/h1-24H. The first-order valence-corrected chi connectivity index (χ1v) is 15.5. The van der Waals surface area contributed by atoms with Gasteiger partial charge in [0.25, 0.3) is 0 Å². The van der Waals surface area contributed by atoms with Crippen molar-refractivity contribution in [3.63, 3.8) is 0 Å². The van der Waals surface area contributed by atoms with Crippen molar-refractivity contribution < 1.29 is 0 Å². The summed E-state index contributed by atoms with van der Waals surface area (Å²) in [7, 11) is 0. The average Bonchev–Trinajstić information content (AvgIpc) is 3.73. The van der Waals surface area contributed by atoms with Crippen LogP contribution in [0.15, 0.2) is 146 Å². The third-order valence-electron chi connectivity index (χ3n) is 9.08. The molecule has 0 bridgehead atoms. The second-order valence-electron chi connectivity index (χ2n) is 11.3. The van der Waals surface area contributed by atoms with Crippen LogP contribution < -0.4 is 0 Å². The van der Waals surface area contributed by atoms with Crippen LogP contribution in [-0.2, 0) is 0 Å². The molecule has 0 fully saturated rings. The molecule has 2 nitrogen and oxygen atoms in total. The van der Waals surface area contributed by atoms with Crippen molar-refractivity contribution in [2.45, 2.75) is 0 Å². The molecule has 0 aliphatic heterocycles. The third kappa shape index (κ3) is 3.07. The minimum atomic E-state index is 1.17. The summed E-state index contributed by atoms with van der Waals surface area (Å²) in [4.78, 5) is 0. The molecule has 0 radical (unpaired) electrons. The summed E-state index contributed by atoms with van der Waals surface area (Å²) in [5.41, 5.74) is 7.37. The summed E-state index contributed by atoms with van der Waals surface area (Å²) in [5, 5.41) is 10.3. The van der Waals surface area contributed by atoms with Crippen LogP contribution in [0.3, 0.4) is 0 Å². The Labute approximate surface area is 251 Å². The molecule has 0 N–H and O–H groups in total. The van der Waals surface area contributed by atoms with E-state index in [1.807, 2.05) is 11.3 Å². The smallest absolute Gasteiger partial charge is 0.0641 e. The Bertz CT molecular complexity index is 2720. The maximum Gasteiger partial charge on any atom is 0.0641 e. The van der Waals surface area contributed by atoms with Gasteiger partial charge in [-0.25, -0.2) is 0 Å². The lowest BCUT2D eigenvalue weighted by Gasteiger charge is -2.12. The monoisotopic (exact) mass is 564 g/mol. The lowest BCUT2D eigenvalue weighted by atomic mass is 10.0. The quantitative estimate of drug-likeness (QED) is 0.198. The third-order valence-corrected chi connectivity index (χ3v) is 10.2. The van der Waals surface area contributed by atoms with Gasteiger partial charge in [-0.05, 0) is 47.9 Å². The number of para-hydroxylation sites is 2. The van der Waals surface area contributed by atoms with E-state index in [-0.39, 0.29) is 0 Å². The molecule has 0 amide bonds. The van der Waals surface area contributed by atoms with E-state index in [2.05, 4.69) is 155 Å². The minimum absolute atomic E-state index is 1.17. The molecule has 0 spiro atoms. The zero-order chi connectivity index (χ0) is 28.1. The minimum Gasteiger partial charge on any atom is -0.309 e. The molecule has 0 aliphatic carbocycles. The van der Waals surface area contributed by atoms with Crippen LogP contribution in [0, 0.1) is 0 Å². The number of hydrogen-bond acceptors (Lipinski definition) is 1. The largest absolute Gasteiger partial charge is 0.309 e. The van der Waals surface area contributed by atoms with E-state index in [9.17, 15) is 0 Å². The highest BCUT2D eigenvalue weighted by molar-refractivity contribution is 7.25. The summed E-state index contributed by atoms with van der Waals surface area (Å²) in [5.74, 6) is 0. The molecule has 0 saturated heterocycles. The number of rotatable bonds is 2. The second kappa shape index (κ2) is 8.57. The molecule has 0 aliphatic rings. The molecule has 7 aromatic carbocycles. The van der Waals surface area contributed by atoms with Crippen molar-refractivity contribution in [3.05, 3.63) is 146 Å². The van der Waals surface area contributed by atoms with E-state index >= 15 is 0 Å². The van der Waals surface area contributed by atoms with Crippen molar-refractivity contribution in [1.29, 1.82) is 0 Å². The van der Waals surface area contributed by atoms with Crippen molar-refractivity contribution in [2.75, 3.05) is 0 Å². The van der Waals surface area contributed by atoms with Gasteiger partial charge in [0, 0.05) is 52.8 Å². The fraction of sp³-hybridized carbons (Fsp3) is 0. The number of aromatic nitrogens is 2. The van der Waals surface area contributed by atoms with E-state index in [0.717, 1.165) is 0 Å². The van der Waals surface area contributed by atoms with Gasteiger partial charge in [0.1, 0.15) is 0 Å². The van der Waals surface area contributed by atoms with Crippen LogP contribution in [0.5, 0.6) is 0 Å². The fourth-order valence-corrected chi connectivity index (χ4v) is 8.48. The summed E-state index contributed by atoms with van der Waals surface area (Å²) in [6, 6.07) is 53.4. The van der Waals surface area contributed by atoms with Gasteiger partial charge in [-0.15, -0.1) is 11.3 Å². The lowest BCUT2D eigenvalue weighted by Crippen LogP contribution is -1.96. The van der Waals surface area contributed by atoms with Gasteiger partial charge in [-0.3, -0.25) is 0 Å². The Hall–Kier alpha value is -5.38. The Kier molecular flexibility index (Phi) is 4.63. The number of thiophene rings is 1. The molecular weight excluding hydrogens is 541 g/mol. The van der Waals surface area contributed by atoms with Gasteiger partial charge in [0.15, 0.2) is 0 Å². The number of hydrogen-bond donors (Lipinski definition) is 0. The van der Waals surface area contributed by atoms with Crippen LogP contribution in [0.1, 0.15) is 0 Å². The molecule has 43 heavy (non-hydrogen) atoms. The first-order valence-electron chi connectivity index (χ1n) is 14.7. The number of benzene rings is 7. The Balaban J connectivity index is 1.49. The van der Waals surface area contributed by atoms with Crippen LogP contribution in [0.2, 0.25) is 0 Å². The predicted octanol–water partition coefficient (Wildman–Crippen LogP) is 11.4. The molecule has 10 rings (SSSR count). The Morgan fingerprint density at radius 2 is 1.09 bits per heavy atom. The predicted molar refractivity (Wildman–Crippen MR) is 186 cm³/mol. The molecular formula is C40H24N2S. The maximum absolute atomic E-state index is 2.54. The van der Waals surface area contributed by atoms with Crippen molar-refractivity contribution in [1.82, 2.24) is 9.13 Å². The van der Waals surface area contributed by atoms with Crippen molar-refractivity contribution >= 4 is 85.9 Å². The van der Waals surface area contributed by atoms with E-state index in [1.54, 1.807) is 0 Å². The average molecular weight is 565 g/mol. The second-order valence-corrected chi connectivity index (χ2v) is 12.4. The lowest BCUT2D eigenvalue weighted by molar-refractivity contribution is 1.18. The zero-order valence-corrected chi connectivity index (χ0v) is 24.0. The van der Waals surface area contributed by atoms with Crippen LogP contribution in [-0.4, -0.2) is 9.13 Å². The van der Waals surface area contributed by atoms with E-state index in [4.69, 9.17) is 0 Å². The van der Waals surface area contributed by atoms with E-state index in [1.165, 1.54) is 85.9 Å². The molecule has 3 heterocycles. The first-order chi connectivity index (χ1) is 21.4. The Morgan fingerprint density at radius 3 is 2.00 bits per heavy atom. The van der Waals surface area contributed by atoms with E-state index < -0.39 is 0 Å². The van der Waals surface area contributed by atoms with Crippen LogP contribution in [0.25, 0.3) is 85.9 Å². The topological polar surface area (TPSA) is 9.86 Å². The van der Waals surface area contributed by atoms with Crippen LogP contribution in [0.4, 0.5) is 0 Å². The molecule has 3 heteroatoms. The van der Waals surface area contributed by atoms with Crippen LogP contribution >= 0.6 is 11.3 Å². The summed E-state index contributed by atoms with van der Waals surface area (Å²) < 4.78 is 7.64. The number of fused-ring (bicyclic) bond motifs is 12. The number of nitrogens with zero attached hydrogens (tertiary/aromatic N) is 2. The molecule has 3 aromatic heterocycles. The molecule has 200 valence electrons. The van der Waals surface area contributed by atoms with Gasteiger partial charge in [0.2, 0.25) is 0 Å².